The summed E-state index contributed by atoms with van der Waals surface area (Å²) >= 11 is 3.44. The molecule has 0 heterocycles. The van der Waals surface area contributed by atoms with Crippen LogP contribution in [0.4, 0.5) is 13.2 Å². The van der Waals surface area contributed by atoms with E-state index in [0.717, 1.165) is 22.2 Å². The Morgan fingerprint density at radius 3 is 2.14 bits per heavy atom. The molecule has 0 aliphatic heterocycles. The van der Waals surface area contributed by atoms with E-state index in [1.54, 1.807) is 13.8 Å². The van der Waals surface area contributed by atoms with E-state index in [9.17, 15) is 13.2 Å². The van der Waals surface area contributed by atoms with Crippen molar-refractivity contribution in [2.24, 2.45) is 5.73 Å². The van der Waals surface area contributed by atoms with E-state index in [0.29, 0.717) is 11.1 Å². The first-order valence-electron chi connectivity index (χ1n) is 6.36. The molecule has 0 bridgehead atoms. The first-order chi connectivity index (χ1) is 9.64. The highest BCUT2D eigenvalue weighted by molar-refractivity contribution is 9.10. The zero-order valence-corrected chi connectivity index (χ0v) is 13.2. The van der Waals surface area contributed by atoms with Gasteiger partial charge in [-0.05, 0) is 48.7 Å². The Kier molecular flexibility index (Phi) is 4.17. The minimum Gasteiger partial charge on any atom is -0.318 e. The summed E-state index contributed by atoms with van der Waals surface area (Å²) in [4.78, 5) is 0. The topological polar surface area (TPSA) is 26.0 Å². The van der Waals surface area contributed by atoms with Crippen molar-refractivity contribution in [2.75, 3.05) is 0 Å². The molecule has 1 unspecified atom stereocenters. The molecule has 0 spiro atoms. The summed E-state index contributed by atoms with van der Waals surface area (Å²) in [6.45, 7) is 3.44. The van der Waals surface area contributed by atoms with Gasteiger partial charge < -0.3 is 5.73 Å². The zero-order chi connectivity index (χ0) is 15.8. The van der Waals surface area contributed by atoms with Crippen molar-refractivity contribution in [3.63, 3.8) is 0 Å². The Labute approximate surface area is 130 Å². The number of alkyl halides is 3. The van der Waals surface area contributed by atoms with Gasteiger partial charge in [0.05, 0.1) is 11.1 Å². The van der Waals surface area contributed by atoms with Crippen LogP contribution in [-0.4, -0.2) is 0 Å². The maximum Gasteiger partial charge on any atom is 0.416 e. The van der Waals surface area contributed by atoms with Gasteiger partial charge in [-0.15, -0.1) is 0 Å². The lowest BCUT2D eigenvalue weighted by Crippen LogP contribution is -2.35. The molecule has 0 amide bonds. The quantitative estimate of drug-likeness (QED) is 0.804. The molecule has 21 heavy (non-hydrogen) atoms. The summed E-state index contributed by atoms with van der Waals surface area (Å²) in [5, 5.41) is 0. The van der Waals surface area contributed by atoms with Crippen molar-refractivity contribution in [3.8, 4) is 0 Å². The molecule has 0 saturated carbocycles. The maximum absolute atomic E-state index is 12.7. The SMILES string of the molecule is Cc1cc(C(F)(F)F)ccc1C(C)(N)c1ccccc1Br. The summed E-state index contributed by atoms with van der Waals surface area (Å²) in [5.41, 5.74) is 6.88. The van der Waals surface area contributed by atoms with E-state index in [1.165, 1.54) is 6.07 Å². The fourth-order valence-corrected chi connectivity index (χ4v) is 3.15. The van der Waals surface area contributed by atoms with Crippen molar-refractivity contribution < 1.29 is 13.2 Å². The monoisotopic (exact) mass is 357 g/mol. The van der Waals surface area contributed by atoms with Crippen molar-refractivity contribution in [2.45, 2.75) is 25.6 Å². The van der Waals surface area contributed by atoms with Gasteiger partial charge in [-0.2, -0.15) is 13.2 Å². The van der Waals surface area contributed by atoms with Gasteiger partial charge >= 0.3 is 6.18 Å². The van der Waals surface area contributed by atoms with Crippen molar-refractivity contribution >= 4 is 15.9 Å². The Bertz CT molecular complexity index is 663. The minimum absolute atomic E-state index is 0.519. The fourth-order valence-electron chi connectivity index (χ4n) is 2.45. The summed E-state index contributed by atoms with van der Waals surface area (Å²) in [7, 11) is 0. The van der Waals surface area contributed by atoms with Crippen LogP contribution in [0.2, 0.25) is 0 Å². The predicted molar refractivity (Wildman–Crippen MR) is 81.0 cm³/mol. The molecule has 5 heteroatoms. The van der Waals surface area contributed by atoms with Gasteiger partial charge in [0.25, 0.3) is 0 Å². The second-order valence-corrected chi connectivity index (χ2v) is 6.06. The van der Waals surface area contributed by atoms with Gasteiger partial charge in [-0.25, -0.2) is 0 Å². The highest BCUT2D eigenvalue weighted by atomic mass is 79.9. The molecule has 0 fully saturated rings. The molecule has 1 atom stereocenters. The standard InChI is InChI=1S/C16H15BrF3N/c1-10-9-11(16(18,19)20)7-8-12(10)15(2,21)13-5-3-4-6-14(13)17/h3-9H,21H2,1-2H3. The lowest BCUT2D eigenvalue weighted by molar-refractivity contribution is -0.137. The van der Waals surface area contributed by atoms with E-state index in [1.807, 2.05) is 24.3 Å². The molecule has 0 aromatic heterocycles. The van der Waals surface area contributed by atoms with E-state index < -0.39 is 17.3 Å². The van der Waals surface area contributed by atoms with Crippen LogP contribution >= 0.6 is 15.9 Å². The van der Waals surface area contributed by atoms with E-state index in [2.05, 4.69) is 15.9 Å². The normalized spacial score (nSPS) is 14.8. The first kappa shape index (κ1) is 16.0. The molecule has 1 nitrogen and oxygen atoms in total. The predicted octanol–water partition coefficient (Wildman–Crippen LogP) is 5.00. The lowest BCUT2D eigenvalue weighted by Gasteiger charge is -2.29. The Morgan fingerprint density at radius 1 is 1.00 bits per heavy atom. The average molecular weight is 358 g/mol. The van der Waals surface area contributed by atoms with Crippen LogP contribution in [0.15, 0.2) is 46.9 Å². The average Bonchev–Trinajstić information content (AvgIpc) is 2.37. The molecule has 0 aliphatic rings. The second-order valence-electron chi connectivity index (χ2n) is 5.21. The van der Waals surface area contributed by atoms with Crippen LogP contribution in [-0.2, 0) is 11.7 Å². The van der Waals surface area contributed by atoms with Crippen LogP contribution in [0, 0.1) is 6.92 Å². The van der Waals surface area contributed by atoms with Gasteiger partial charge in [-0.1, -0.05) is 40.2 Å². The zero-order valence-electron chi connectivity index (χ0n) is 11.6. The fraction of sp³-hybridized carbons (Fsp3) is 0.250. The van der Waals surface area contributed by atoms with Crippen LogP contribution < -0.4 is 5.73 Å². The molecule has 2 aromatic carbocycles. The van der Waals surface area contributed by atoms with Gasteiger partial charge in [0, 0.05) is 4.47 Å². The Hall–Kier alpha value is -1.33. The number of hydrogen-bond donors (Lipinski definition) is 1. The highest BCUT2D eigenvalue weighted by Crippen LogP contribution is 2.36. The lowest BCUT2D eigenvalue weighted by atomic mass is 9.83. The third-order valence-corrected chi connectivity index (χ3v) is 4.24. The molecule has 2 N–H and O–H groups in total. The molecule has 2 aromatic rings. The van der Waals surface area contributed by atoms with Crippen molar-refractivity contribution in [1.82, 2.24) is 0 Å². The number of hydrogen-bond acceptors (Lipinski definition) is 1. The largest absolute Gasteiger partial charge is 0.416 e. The smallest absolute Gasteiger partial charge is 0.318 e. The van der Waals surface area contributed by atoms with Crippen molar-refractivity contribution in [3.05, 3.63) is 69.2 Å². The van der Waals surface area contributed by atoms with E-state index in [4.69, 9.17) is 5.73 Å². The van der Waals surface area contributed by atoms with Crippen LogP contribution in [0.1, 0.15) is 29.2 Å². The number of halogens is 4. The minimum atomic E-state index is -4.35. The Morgan fingerprint density at radius 2 is 1.62 bits per heavy atom. The third-order valence-electron chi connectivity index (χ3n) is 3.55. The molecular formula is C16H15BrF3N. The summed E-state index contributed by atoms with van der Waals surface area (Å²) in [6.07, 6.45) is -4.35. The van der Waals surface area contributed by atoms with Crippen molar-refractivity contribution in [1.29, 1.82) is 0 Å². The first-order valence-corrected chi connectivity index (χ1v) is 7.15. The number of benzene rings is 2. The van der Waals surface area contributed by atoms with Gasteiger partial charge in [0.2, 0.25) is 0 Å². The van der Waals surface area contributed by atoms with Gasteiger partial charge in [-0.3, -0.25) is 0 Å². The third kappa shape index (κ3) is 3.14. The summed E-state index contributed by atoms with van der Waals surface area (Å²) in [6, 6.07) is 11.1. The second kappa shape index (κ2) is 5.46. The number of aryl methyl sites for hydroxylation is 1. The van der Waals surface area contributed by atoms with Crippen LogP contribution in [0.3, 0.4) is 0 Å². The molecule has 112 valence electrons. The number of nitrogens with two attached hydrogens (primary N) is 1. The van der Waals surface area contributed by atoms with E-state index in [-0.39, 0.29) is 0 Å². The molecular weight excluding hydrogens is 343 g/mol. The molecule has 0 aliphatic carbocycles. The van der Waals surface area contributed by atoms with E-state index >= 15 is 0 Å². The van der Waals surface area contributed by atoms with Crippen LogP contribution in [0.25, 0.3) is 0 Å². The molecule has 2 rings (SSSR count). The van der Waals surface area contributed by atoms with Gasteiger partial charge in [0.1, 0.15) is 0 Å². The molecule has 0 radical (unpaired) electrons. The van der Waals surface area contributed by atoms with Gasteiger partial charge in [0.15, 0.2) is 0 Å². The van der Waals surface area contributed by atoms with Crippen LogP contribution in [0.5, 0.6) is 0 Å². The number of rotatable bonds is 2. The highest BCUT2D eigenvalue weighted by Gasteiger charge is 2.33. The summed E-state index contributed by atoms with van der Waals surface area (Å²) in [5.74, 6) is 0. The summed E-state index contributed by atoms with van der Waals surface area (Å²) < 4.78 is 39.1. The molecule has 0 saturated heterocycles. The Balaban J connectivity index is 2.54. The maximum atomic E-state index is 12.7.